The first-order valence-corrected chi connectivity index (χ1v) is 7.83. The van der Waals surface area contributed by atoms with E-state index in [1.54, 1.807) is 0 Å². The first-order chi connectivity index (χ1) is 10.0. The minimum atomic E-state index is -10.1. The molecule has 0 saturated carbocycles. The van der Waals surface area contributed by atoms with Crippen LogP contribution in [0.4, 0.5) is 32.6 Å². The fraction of sp³-hybridized carbons (Fsp3) is 0.182. The molecule has 1 aliphatic rings. The third-order valence-electron chi connectivity index (χ3n) is 2.79. The van der Waals surface area contributed by atoms with Crippen molar-refractivity contribution in [2.45, 2.75) is 17.2 Å². The normalized spacial score (nSPS) is 21.4. The zero-order valence-electron chi connectivity index (χ0n) is 10.5. The molecule has 0 N–H and O–H groups in total. The Balaban J connectivity index is 2.69. The molecule has 0 radical (unpaired) electrons. The maximum Gasteiger partial charge on any atom is 0.429 e. The SMILES string of the molecule is O=CC1=Cc2cc(S(F)(F)(F)(F)F)cc(Cl)c2OC1C(F)(F)F. The van der Waals surface area contributed by atoms with Gasteiger partial charge in [-0.3, -0.25) is 4.79 Å². The highest BCUT2D eigenvalue weighted by atomic mass is 35.5. The Morgan fingerprint density at radius 3 is 2.13 bits per heavy atom. The van der Waals surface area contributed by atoms with Gasteiger partial charge in [0.05, 0.1) is 5.02 Å². The zero-order valence-corrected chi connectivity index (χ0v) is 12.1. The van der Waals surface area contributed by atoms with Crippen LogP contribution in [0.3, 0.4) is 0 Å². The van der Waals surface area contributed by atoms with Crippen molar-refractivity contribution in [3.05, 3.63) is 28.3 Å². The molecule has 0 aromatic heterocycles. The Labute approximate surface area is 128 Å². The molecule has 1 atom stereocenters. The van der Waals surface area contributed by atoms with Gasteiger partial charge >= 0.3 is 16.4 Å². The Hall–Kier alpha value is -1.49. The number of rotatable bonds is 2. The number of aldehydes is 1. The van der Waals surface area contributed by atoms with Gasteiger partial charge in [-0.05, 0) is 18.2 Å². The van der Waals surface area contributed by atoms with Crippen LogP contribution in [-0.2, 0) is 4.79 Å². The van der Waals surface area contributed by atoms with Crippen LogP contribution in [-0.4, -0.2) is 18.6 Å². The molecule has 2 rings (SSSR count). The number of halogens is 9. The molecule has 12 heteroatoms. The van der Waals surface area contributed by atoms with Gasteiger partial charge in [-0.2, -0.15) is 13.2 Å². The first kappa shape index (κ1) is 17.9. The fourth-order valence-corrected chi connectivity index (χ4v) is 2.86. The van der Waals surface area contributed by atoms with Gasteiger partial charge < -0.3 is 4.74 Å². The Kier molecular flexibility index (Phi) is 3.35. The summed E-state index contributed by atoms with van der Waals surface area (Å²) in [6, 6.07) is -0.325. The summed E-state index contributed by atoms with van der Waals surface area (Å²) in [5, 5.41) is -1.08. The van der Waals surface area contributed by atoms with Gasteiger partial charge in [0.25, 0.3) is 0 Å². The van der Waals surface area contributed by atoms with Crippen molar-refractivity contribution in [1.82, 2.24) is 0 Å². The van der Waals surface area contributed by atoms with E-state index in [0.717, 1.165) is 0 Å². The molecule has 0 aliphatic carbocycles. The summed E-state index contributed by atoms with van der Waals surface area (Å²) < 4.78 is 106. The average molecular weight is 389 g/mol. The smallest absolute Gasteiger partial charge is 0.429 e. The number of fused-ring (bicyclic) bond motifs is 1. The fourth-order valence-electron chi connectivity index (χ4n) is 1.84. The number of ether oxygens (including phenoxy) is 1. The summed E-state index contributed by atoms with van der Waals surface area (Å²) >= 11 is 5.36. The predicted octanol–water partition coefficient (Wildman–Crippen LogP) is 5.90. The molecule has 23 heavy (non-hydrogen) atoms. The second kappa shape index (κ2) is 4.32. The van der Waals surface area contributed by atoms with Crippen LogP contribution < -0.4 is 4.74 Å². The molecular weight excluding hydrogens is 384 g/mol. The van der Waals surface area contributed by atoms with Crippen molar-refractivity contribution in [2.75, 3.05) is 0 Å². The molecule has 2 nitrogen and oxygen atoms in total. The Morgan fingerprint density at radius 1 is 1.13 bits per heavy atom. The van der Waals surface area contributed by atoms with Gasteiger partial charge in [-0.25, -0.2) is 0 Å². The van der Waals surface area contributed by atoms with Crippen LogP contribution in [0, 0.1) is 0 Å². The van der Waals surface area contributed by atoms with Gasteiger partial charge in [0.15, 0.2) is 0 Å². The van der Waals surface area contributed by atoms with Crippen molar-refractivity contribution in [1.29, 1.82) is 0 Å². The summed E-state index contributed by atoms with van der Waals surface area (Å²) in [6.07, 6.45) is -7.72. The Bertz CT molecular complexity index is 722. The van der Waals surface area contributed by atoms with Crippen molar-refractivity contribution >= 4 is 34.2 Å². The number of hydrogen-bond donors (Lipinski definition) is 0. The van der Waals surface area contributed by atoms with Crippen LogP contribution in [0.5, 0.6) is 5.75 Å². The highest BCUT2D eigenvalue weighted by Crippen LogP contribution is 3.02. The van der Waals surface area contributed by atoms with Gasteiger partial charge in [0.2, 0.25) is 6.10 Å². The van der Waals surface area contributed by atoms with E-state index in [9.17, 15) is 37.4 Å². The maximum absolute atomic E-state index is 12.8. The average Bonchev–Trinajstić information content (AvgIpc) is 2.33. The molecule has 1 heterocycles. The molecule has 0 bridgehead atoms. The number of alkyl halides is 3. The third-order valence-corrected chi connectivity index (χ3v) is 4.19. The van der Waals surface area contributed by atoms with E-state index in [0.29, 0.717) is 6.08 Å². The van der Waals surface area contributed by atoms with E-state index < -0.39 is 49.3 Å². The highest BCUT2D eigenvalue weighted by molar-refractivity contribution is 8.45. The summed E-state index contributed by atoms with van der Waals surface area (Å²) in [7, 11) is -10.1. The van der Waals surface area contributed by atoms with Gasteiger partial charge in [0.1, 0.15) is 16.9 Å². The van der Waals surface area contributed by atoms with E-state index in [-0.39, 0.29) is 18.4 Å². The lowest BCUT2D eigenvalue weighted by Gasteiger charge is -2.41. The number of carbonyl (C=O) groups excluding carboxylic acids is 1. The van der Waals surface area contributed by atoms with Crippen molar-refractivity contribution in [3.8, 4) is 5.75 Å². The number of benzene rings is 1. The summed E-state index contributed by atoms with van der Waals surface area (Å²) in [5.74, 6) is -0.870. The van der Waals surface area contributed by atoms with E-state index in [1.807, 2.05) is 0 Å². The molecule has 0 saturated heterocycles. The van der Waals surface area contributed by atoms with Crippen molar-refractivity contribution in [3.63, 3.8) is 0 Å². The van der Waals surface area contributed by atoms with Gasteiger partial charge in [0, 0.05) is 11.1 Å². The van der Waals surface area contributed by atoms with Crippen LogP contribution in [0.15, 0.2) is 22.6 Å². The second-order valence-corrected chi connectivity index (χ2v) is 7.41. The zero-order chi connectivity index (χ0) is 17.9. The molecular formula is C11H5ClF8O2S. The van der Waals surface area contributed by atoms with Crippen LogP contribution >= 0.6 is 21.8 Å². The van der Waals surface area contributed by atoms with E-state index in [1.165, 1.54) is 0 Å². The lowest BCUT2D eigenvalue weighted by atomic mass is 10.0. The number of carbonyl (C=O) groups is 1. The molecule has 0 fully saturated rings. The summed E-state index contributed by atoms with van der Waals surface area (Å²) in [4.78, 5) is 8.28. The Morgan fingerprint density at radius 2 is 1.70 bits per heavy atom. The van der Waals surface area contributed by atoms with Gasteiger partial charge in [-0.1, -0.05) is 31.0 Å². The lowest BCUT2D eigenvalue weighted by Crippen LogP contribution is -2.38. The molecule has 130 valence electrons. The maximum atomic E-state index is 12.8. The summed E-state index contributed by atoms with van der Waals surface area (Å²) in [5.41, 5.74) is -1.87. The molecule has 0 amide bonds. The first-order valence-electron chi connectivity index (χ1n) is 5.51. The topological polar surface area (TPSA) is 26.3 Å². The van der Waals surface area contributed by atoms with Crippen LogP contribution in [0.1, 0.15) is 5.56 Å². The molecule has 1 aliphatic heterocycles. The minimum Gasteiger partial charge on any atom is -0.474 e. The van der Waals surface area contributed by atoms with Crippen molar-refractivity contribution < 1.29 is 42.1 Å². The van der Waals surface area contributed by atoms with Crippen LogP contribution in [0.25, 0.3) is 6.08 Å². The highest BCUT2D eigenvalue weighted by Gasteiger charge is 2.65. The standard InChI is InChI=1S/C11H5ClF8O2S/c12-8-3-7(23(16,17,18,19)20)2-5-1-6(4-21)10(11(13,14)15)22-9(5)8/h1-4,10H. The molecule has 1 aromatic carbocycles. The summed E-state index contributed by atoms with van der Waals surface area (Å²) in [6.45, 7) is 0. The minimum absolute atomic E-state index is 0.112. The molecule has 1 unspecified atom stereocenters. The van der Waals surface area contributed by atoms with Crippen LogP contribution in [0.2, 0.25) is 5.02 Å². The van der Waals surface area contributed by atoms with Gasteiger partial charge in [-0.15, -0.1) is 0 Å². The predicted molar refractivity (Wildman–Crippen MR) is 67.4 cm³/mol. The third kappa shape index (κ3) is 3.55. The van der Waals surface area contributed by atoms with E-state index in [2.05, 4.69) is 4.74 Å². The van der Waals surface area contributed by atoms with E-state index >= 15 is 0 Å². The second-order valence-electron chi connectivity index (χ2n) is 4.59. The van der Waals surface area contributed by atoms with Crippen molar-refractivity contribution in [2.24, 2.45) is 0 Å². The number of hydrogen-bond acceptors (Lipinski definition) is 2. The molecule has 0 spiro atoms. The quantitative estimate of drug-likeness (QED) is 0.465. The largest absolute Gasteiger partial charge is 0.474 e. The monoisotopic (exact) mass is 388 g/mol. The van der Waals surface area contributed by atoms with E-state index in [4.69, 9.17) is 11.6 Å². The lowest BCUT2D eigenvalue weighted by molar-refractivity contribution is -0.184. The molecule has 1 aromatic rings.